The van der Waals surface area contributed by atoms with E-state index in [0.717, 1.165) is 10.3 Å². The summed E-state index contributed by atoms with van der Waals surface area (Å²) in [6.45, 7) is 3.54. The van der Waals surface area contributed by atoms with E-state index in [4.69, 9.17) is 11.6 Å². The number of hydrogen-bond acceptors (Lipinski definition) is 6. The fourth-order valence-corrected chi connectivity index (χ4v) is 5.97. The number of aliphatic carboxylic acids is 1. The number of amides is 1. The molecule has 9 nitrogen and oxygen atoms in total. The van der Waals surface area contributed by atoms with Crippen LogP contribution in [0.3, 0.4) is 0 Å². The highest BCUT2D eigenvalue weighted by atomic mass is 35.5. The van der Waals surface area contributed by atoms with Crippen molar-refractivity contribution in [2.45, 2.75) is 33.2 Å². The van der Waals surface area contributed by atoms with Crippen molar-refractivity contribution in [3.8, 4) is 5.00 Å². The van der Waals surface area contributed by atoms with Crippen LogP contribution in [0.15, 0.2) is 60.7 Å². The molecule has 204 valence electrons. The highest BCUT2D eigenvalue weighted by Crippen LogP contribution is 2.34. The number of thiophene rings is 1. The number of carboxylic acid groups (broad SMARTS) is 1. The Morgan fingerprint density at radius 1 is 0.975 bits per heavy atom. The SMILES string of the molecule is CCc1cc(C(=O)c2ccccc2Cl)c(-n2c(CC)nnc2N(C)C(=O)c2cc3ccccc3n2CC(=O)O)s1. The average molecular weight is 576 g/mol. The number of anilines is 1. The number of carbonyl (C=O) groups is 3. The Labute approximate surface area is 239 Å². The maximum atomic E-state index is 13.9. The number of hydrogen-bond donors (Lipinski definition) is 1. The van der Waals surface area contributed by atoms with Crippen LogP contribution in [0.4, 0.5) is 5.95 Å². The average Bonchev–Trinajstić information content (AvgIpc) is 3.67. The van der Waals surface area contributed by atoms with Gasteiger partial charge in [0.15, 0.2) is 5.78 Å². The molecule has 3 heterocycles. The second kappa shape index (κ2) is 11.1. The highest BCUT2D eigenvalue weighted by molar-refractivity contribution is 7.15. The van der Waals surface area contributed by atoms with Gasteiger partial charge in [0.05, 0.1) is 10.6 Å². The van der Waals surface area contributed by atoms with E-state index < -0.39 is 11.9 Å². The molecule has 0 radical (unpaired) electrons. The number of halogens is 1. The minimum absolute atomic E-state index is 0.200. The summed E-state index contributed by atoms with van der Waals surface area (Å²) in [5.74, 6) is -0.984. The summed E-state index contributed by atoms with van der Waals surface area (Å²) >= 11 is 7.80. The van der Waals surface area contributed by atoms with Crippen molar-refractivity contribution in [1.82, 2.24) is 19.3 Å². The number of carbonyl (C=O) groups excluding carboxylic acids is 2. The van der Waals surface area contributed by atoms with Gasteiger partial charge in [-0.25, -0.2) is 0 Å². The zero-order valence-electron chi connectivity index (χ0n) is 22.1. The van der Waals surface area contributed by atoms with E-state index in [2.05, 4.69) is 10.2 Å². The first kappa shape index (κ1) is 27.3. The van der Waals surface area contributed by atoms with Gasteiger partial charge in [-0.3, -0.25) is 23.9 Å². The number of rotatable bonds is 9. The van der Waals surface area contributed by atoms with E-state index in [1.165, 1.54) is 20.8 Å². The molecule has 0 aliphatic carbocycles. The van der Waals surface area contributed by atoms with E-state index >= 15 is 0 Å². The first-order valence-corrected chi connectivity index (χ1v) is 13.9. The van der Waals surface area contributed by atoms with Gasteiger partial charge >= 0.3 is 5.97 Å². The van der Waals surface area contributed by atoms with Crippen LogP contribution < -0.4 is 4.90 Å². The quantitative estimate of drug-likeness (QED) is 0.227. The fraction of sp³-hybridized carbons (Fsp3) is 0.207. The molecule has 0 unspecified atom stereocenters. The molecule has 1 N–H and O–H groups in total. The molecule has 0 fully saturated rings. The summed E-state index contributed by atoms with van der Waals surface area (Å²) < 4.78 is 3.21. The first-order chi connectivity index (χ1) is 19.2. The molecule has 40 heavy (non-hydrogen) atoms. The molecule has 2 aromatic carbocycles. The highest BCUT2D eigenvalue weighted by Gasteiger charge is 2.29. The Morgan fingerprint density at radius 2 is 1.70 bits per heavy atom. The largest absolute Gasteiger partial charge is 0.480 e. The molecule has 3 aromatic heterocycles. The summed E-state index contributed by atoms with van der Waals surface area (Å²) in [4.78, 5) is 41.6. The fourth-order valence-electron chi connectivity index (χ4n) is 4.64. The van der Waals surface area contributed by atoms with Crippen LogP contribution in [0, 0.1) is 0 Å². The molecule has 0 atom stereocenters. The van der Waals surface area contributed by atoms with E-state index in [9.17, 15) is 19.5 Å². The van der Waals surface area contributed by atoms with Crippen LogP contribution in [0.25, 0.3) is 15.9 Å². The number of fused-ring (bicyclic) bond motifs is 1. The number of carboxylic acids is 1. The van der Waals surface area contributed by atoms with Crippen molar-refractivity contribution < 1.29 is 19.5 Å². The lowest BCUT2D eigenvalue weighted by Crippen LogP contribution is -2.31. The lowest BCUT2D eigenvalue weighted by Gasteiger charge is -2.19. The Bertz CT molecular complexity index is 1770. The van der Waals surface area contributed by atoms with Crippen LogP contribution in [-0.2, 0) is 24.2 Å². The van der Waals surface area contributed by atoms with Crippen molar-refractivity contribution in [2.75, 3.05) is 11.9 Å². The van der Waals surface area contributed by atoms with Crippen LogP contribution in [0.5, 0.6) is 0 Å². The molecule has 0 saturated carbocycles. The van der Waals surface area contributed by atoms with Gasteiger partial charge in [-0.1, -0.05) is 55.8 Å². The van der Waals surface area contributed by atoms with Crippen molar-refractivity contribution in [1.29, 1.82) is 0 Å². The number of nitrogens with zero attached hydrogens (tertiary/aromatic N) is 5. The minimum Gasteiger partial charge on any atom is -0.480 e. The van der Waals surface area contributed by atoms with E-state index in [-0.39, 0.29) is 24.0 Å². The predicted octanol–water partition coefficient (Wildman–Crippen LogP) is 5.65. The molecule has 11 heteroatoms. The molecule has 5 aromatic rings. The minimum atomic E-state index is -1.07. The second-order valence-electron chi connectivity index (χ2n) is 9.13. The maximum Gasteiger partial charge on any atom is 0.323 e. The summed E-state index contributed by atoms with van der Waals surface area (Å²) in [5.41, 5.74) is 1.65. The molecule has 0 saturated heterocycles. The first-order valence-electron chi connectivity index (χ1n) is 12.7. The monoisotopic (exact) mass is 575 g/mol. The molecular weight excluding hydrogens is 550 g/mol. The standard InChI is InChI=1S/C29H26ClN5O4S/c1-4-18-15-20(26(38)19-11-7-8-12-21(19)30)28(40-18)35-24(5-2)31-32-29(35)33(3)27(39)23-14-17-10-6-9-13-22(17)34(23)16-25(36)37/h6-15H,4-5,16H2,1-3H3,(H,36,37). The van der Waals surface area contributed by atoms with E-state index in [0.29, 0.717) is 45.3 Å². The third-order valence-electron chi connectivity index (χ3n) is 6.64. The zero-order chi connectivity index (χ0) is 28.6. The topological polar surface area (TPSA) is 110 Å². The predicted molar refractivity (Wildman–Crippen MR) is 155 cm³/mol. The van der Waals surface area contributed by atoms with Gasteiger partial charge in [0.1, 0.15) is 23.1 Å². The van der Waals surface area contributed by atoms with Gasteiger partial charge in [-0.05, 0) is 36.8 Å². The van der Waals surface area contributed by atoms with Crippen molar-refractivity contribution in [3.63, 3.8) is 0 Å². The van der Waals surface area contributed by atoms with Crippen molar-refractivity contribution in [3.05, 3.63) is 93.2 Å². The van der Waals surface area contributed by atoms with E-state index in [1.54, 1.807) is 54.1 Å². The molecule has 0 spiro atoms. The lowest BCUT2D eigenvalue weighted by molar-refractivity contribution is -0.137. The molecule has 0 aliphatic heterocycles. The number of para-hydroxylation sites is 1. The third kappa shape index (κ3) is 4.80. The molecule has 1 amide bonds. The zero-order valence-corrected chi connectivity index (χ0v) is 23.7. The van der Waals surface area contributed by atoms with E-state index in [1.807, 2.05) is 32.0 Å². The Kier molecular flexibility index (Phi) is 7.55. The number of aryl methyl sites for hydroxylation is 2. The summed E-state index contributed by atoms with van der Waals surface area (Å²) in [7, 11) is 1.56. The second-order valence-corrected chi connectivity index (χ2v) is 10.7. The van der Waals surface area contributed by atoms with Gasteiger partial charge in [-0.15, -0.1) is 21.5 Å². The Morgan fingerprint density at radius 3 is 2.40 bits per heavy atom. The van der Waals surface area contributed by atoms with Gasteiger partial charge in [0.25, 0.3) is 5.91 Å². The molecular formula is C29H26ClN5O4S. The Balaban J connectivity index is 1.64. The normalized spacial score (nSPS) is 11.2. The smallest absolute Gasteiger partial charge is 0.323 e. The summed E-state index contributed by atoms with van der Waals surface area (Å²) in [6.07, 6.45) is 1.20. The molecule has 0 aliphatic rings. The summed E-state index contributed by atoms with van der Waals surface area (Å²) in [5, 5.41) is 19.9. The third-order valence-corrected chi connectivity index (χ3v) is 8.23. The van der Waals surface area contributed by atoms with Crippen molar-refractivity contribution >= 4 is 57.4 Å². The van der Waals surface area contributed by atoms with Gasteiger partial charge < -0.3 is 9.67 Å². The molecule has 5 rings (SSSR count). The number of benzene rings is 2. The van der Waals surface area contributed by atoms with Gasteiger partial charge in [0.2, 0.25) is 5.95 Å². The maximum absolute atomic E-state index is 13.9. The van der Waals surface area contributed by atoms with Gasteiger partial charge in [0, 0.05) is 34.8 Å². The number of aromatic nitrogens is 4. The van der Waals surface area contributed by atoms with Crippen LogP contribution in [-0.4, -0.2) is 49.1 Å². The lowest BCUT2D eigenvalue weighted by atomic mass is 10.0. The van der Waals surface area contributed by atoms with Crippen LogP contribution in [0.1, 0.15) is 51.0 Å². The summed E-state index contributed by atoms with van der Waals surface area (Å²) in [6, 6.07) is 17.6. The Hall–Kier alpha value is -4.28. The van der Waals surface area contributed by atoms with Crippen molar-refractivity contribution in [2.24, 2.45) is 0 Å². The molecule has 0 bridgehead atoms. The van der Waals surface area contributed by atoms with Crippen LogP contribution >= 0.6 is 22.9 Å². The van der Waals surface area contributed by atoms with Crippen LogP contribution in [0.2, 0.25) is 5.02 Å². The number of ketones is 1. The van der Waals surface area contributed by atoms with Gasteiger partial charge in [-0.2, -0.15) is 0 Å².